The molecule has 0 bridgehead atoms. The summed E-state index contributed by atoms with van der Waals surface area (Å²) in [6.45, 7) is 3.95. The Morgan fingerprint density at radius 1 is 0.806 bits per heavy atom. The van der Waals surface area contributed by atoms with Crippen molar-refractivity contribution < 1.29 is 4.79 Å². The number of nitrogens with one attached hydrogen (secondary N) is 1. The van der Waals surface area contributed by atoms with Crippen molar-refractivity contribution in [2.75, 3.05) is 13.1 Å². The number of likely N-dealkylation sites (tertiary alicyclic amines) is 1. The highest BCUT2D eigenvalue weighted by atomic mass is 32.2. The van der Waals surface area contributed by atoms with Crippen LogP contribution >= 0.6 is 11.8 Å². The standard InChI is InChI=1S/C27H30N2OS/c30-27(25-14-12-22(13-15-25)21-31-26-10-3-1-4-11-26)28-19-23-8-7-9-24(18-23)20-29-16-5-2-6-17-29/h1,3-4,7-15,18H,2,5-6,16-17,19-21H2,(H,28,30). The molecular formula is C27H30N2OS. The molecule has 31 heavy (non-hydrogen) atoms. The van der Waals surface area contributed by atoms with Crippen LogP contribution in [0.4, 0.5) is 0 Å². The molecule has 3 nitrogen and oxygen atoms in total. The molecule has 4 heteroatoms. The first kappa shape index (κ1) is 21.7. The zero-order valence-corrected chi connectivity index (χ0v) is 18.7. The number of thioether (sulfide) groups is 1. The van der Waals surface area contributed by atoms with E-state index in [1.54, 1.807) is 11.8 Å². The van der Waals surface area contributed by atoms with Gasteiger partial charge in [0, 0.05) is 29.3 Å². The topological polar surface area (TPSA) is 32.3 Å². The Morgan fingerprint density at radius 3 is 2.32 bits per heavy atom. The maximum absolute atomic E-state index is 12.6. The fourth-order valence-electron chi connectivity index (χ4n) is 3.93. The predicted molar refractivity (Wildman–Crippen MR) is 129 cm³/mol. The highest BCUT2D eigenvalue weighted by Gasteiger charge is 2.11. The van der Waals surface area contributed by atoms with Crippen molar-refractivity contribution in [1.29, 1.82) is 0 Å². The van der Waals surface area contributed by atoms with Crippen molar-refractivity contribution in [3.05, 3.63) is 101 Å². The molecule has 1 amide bonds. The van der Waals surface area contributed by atoms with Crippen LogP contribution in [0.15, 0.2) is 83.8 Å². The number of carbonyl (C=O) groups excluding carboxylic acids is 1. The molecule has 3 aromatic carbocycles. The highest BCUT2D eigenvalue weighted by Crippen LogP contribution is 2.22. The largest absolute Gasteiger partial charge is 0.348 e. The van der Waals surface area contributed by atoms with Gasteiger partial charge in [0.25, 0.3) is 5.91 Å². The van der Waals surface area contributed by atoms with Crippen LogP contribution in [-0.2, 0) is 18.8 Å². The van der Waals surface area contributed by atoms with Gasteiger partial charge in [0.2, 0.25) is 0 Å². The number of hydrogen-bond donors (Lipinski definition) is 1. The zero-order valence-electron chi connectivity index (χ0n) is 17.9. The summed E-state index contributed by atoms with van der Waals surface area (Å²) in [5.74, 6) is 0.874. The van der Waals surface area contributed by atoms with E-state index in [9.17, 15) is 4.79 Å². The maximum Gasteiger partial charge on any atom is 0.251 e. The number of hydrogen-bond acceptors (Lipinski definition) is 3. The van der Waals surface area contributed by atoms with E-state index in [2.05, 4.69) is 58.7 Å². The summed E-state index contributed by atoms with van der Waals surface area (Å²) >= 11 is 1.80. The molecule has 0 atom stereocenters. The van der Waals surface area contributed by atoms with Gasteiger partial charge in [-0.05, 0) is 66.9 Å². The van der Waals surface area contributed by atoms with Gasteiger partial charge in [0.1, 0.15) is 0 Å². The van der Waals surface area contributed by atoms with Gasteiger partial charge in [-0.3, -0.25) is 9.69 Å². The van der Waals surface area contributed by atoms with Gasteiger partial charge in [-0.25, -0.2) is 0 Å². The fraction of sp³-hybridized carbons (Fsp3) is 0.296. The van der Waals surface area contributed by atoms with E-state index < -0.39 is 0 Å². The lowest BCUT2D eigenvalue weighted by Gasteiger charge is -2.26. The van der Waals surface area contributed by atoms with E-state index in [4.69, 9.17) is 0 Å². The molecule has 1 aliphatic rings. The van der Waals surface area contributed by atoms with E-state index in [1.807, 2.05) is 30.3 Å². The highest BCUT2D eigenvalue weighted by molar-refractivity contribution is 7.98. The minimum atomic E-state index is -0.0244. The molecule has 0 radical (unpaired) electrons. The predicted octanol–water partition coefficient (Wildman–Crippen LogP) is 5.89. The van der Waals surface area contributed by atoms with Gasteiger partial charge in [0.15, 0.2) is 0 Å². The van der Waals surface area contributed by atoms with Gasteiger partial charge in [-0.1, -0.05) is 61.0 Å². The van der Waals surface area contributed by atoms with Gasteiger partial charge in [-0.2, -0.15) is 0 Å². The van der Waals surface area contributed by atoms with E-state index in [0.29, 0.717) is 12.1 Å². The quantitative estimate of drug-likeness (QED) is 0.452. The first-order valence-electron chi connectivity index (χ1n) is 11.1. The van der Waals surface area contributed by atoms with E-state index >= 15 is 0 Å². The van der Waals surface area contributed by atoms with Crippen LogP contribution in [-0.4, -0.2) is 23.9 Å². The smallest absolute Gasteiger partial charge is 0.251 e. The Morgan fingerprint density at radius 2 is 1.55 bits per heavy atom. The van der Waals surface area contributed by atoms with Crippen LogP contribution in [0.3, 0.4) is 0 Å². The molecule has 160 valence electrons. The van der Waals surface area contributed by atoms with Crippen molar-refractivity contribution >= 4 is 17.7 Å². The minimum Gasteiger partial charge on any atom is -0.348 e. The molecular weight excluding hydrogens is 400 g/mol. The number of benzene rings is 3. The third-order valence-corrected chi connectivity index (χ3v) is 6.75. The van der Waals surface area contributed by atoms with Gasteiger partial charge in [-0.15, -0.1) is 11.8 Å². The first-order valence-corrected chi connectivity index (χ1v) is 12.1. The van der Waals surface area contributed by atoms with Crippen molar-refractivity contribution in [3.8, 4) is 0 Å². The molecule has 1 N–H and O–H groups in total. The van der Waals surface area contributed by atoms with Gasteiger partial charge in [0.05, 0.1) is 0 Å². The van der Waals surface area contributed by atoms with Crippen molar-refractivity contribution in [3.63, 3.8) is 0 Å². The van der Waals surface area contributed by atoms with Gasteiger partial charge < -0.3 is 5.32 Å². The summed E-state index contributed by atoms with van der Waals surface area (Å²) in [5, 5.41) is 3.07. The van der Waals surface area contributed by atoms with Crippen molar-refractivity contribution in [2.24, 2.45) is 0 Å². The molecule has 0 spiro atoms. The SMILES string of the molecule is O=C(NCc1cccc(CN2CCCCC2)c1)c1ccc(CSc2ccccc2)cc1. The molecule has 3 aromatic rings. The molecule has 1 saturated heterocycles. The molecule has 0 aromatic heterocycles. The Balaban J connectivity index is 1.27. The van der Waals surface area contributed by atoms with Crippen molar-refractivity contribution in [2.45, 2.75) is 43.0 Å². The summed E-state index contributed by atoms with van der Waals surface area (Å²) in [6.07, 6.45) is 3.97. The zero-order chi connectivity index (χ0) is 21.3. The average molecular weight is 431 g/mol. The van der Waals surface area contributed by atoms with Crippen molar-refractivity contribution in [1.82, 2.24) is 10.2 Å². The van der Waals surface area contributed by atoms with Gasteiger partial charge >= 0.3 is 0 Å². The summed E-state index contributed by atoms with van der Waals surface area (Å²) in [4.78, 5) is 16.4. The Kier molecular flexibility index (Phi) is 7.81. The molecule has 0 aliphatic carbocycles. The second kappa shape index (κ2) is 11.2. The summed E-state index contributed by atoms with van der Waals surface area (Å²) in [7, 11) is 0. The monoisotopic (exact) mass is 430 g/mol. The lowest BCUT2D eigenvalue weighted by molar-refractivity contribution is 0.0951. The molecule has 1 fully saturated rings. The van der Waals surface area contributed by atoms with E-state index in [1.165, 1.54) is 48.4 Å². The van der Waals surface area contributed by atoms with Crippen LogP contribution in [0.25, 0.3) is 0 Å². The molecule has 0 unspecified atom stereocenters. The summed E-state index contributed by atoms with van der Waals surface area (Å²) in [6, 6.07) is 26.9. The third kappa shape index (κ3) is 6.71. The van der Waals surface area contributed by atoms with Crippen LogP contribution in [0, 0.1) is 0 Å². The number of nitrogens with zero attached hydrogens (tertiary/aromatic N) is 1. The lowest BCUT2D eigenvalue weighted by atomic mass is 10.1. The molecule has 4 rings (SSSR count). The normalized spacial score (nSPS) is 14.3. The molecule has 0 saturated carbocycles. The average Bonchev–Trinajstić information content (AvgIpc) is 2.83. The summed E-state index contributed by atoms with van der Waals surface area (Å²) in [5.41, 5.74) is 4.40. The Labute approximate surface area is 189 Å². The fourth-order valence-corrected chi connectivity index (χ4v) is 4.81. The van der Waals surface area contributed by atoms with Crippen LogP contribution in [0.5, 0.6) is 0 Å². The van der Waals surface area contributed by atoms with E-state index in [-0.39, 0.29) is 5.91 Å². The summed E-state index contributed by atoms with van der Waals surface area (Å²) < 4.78 is 0. The number of rotatable bonds is 8. The maximum atomic E-state index is 12.6. The number of amides is 1. The van der Waals surface area contributed by atoms with Crippen LogP contribution < -0.4 is 5.32 Å². The third-order valence-electron chi connectivity index (χ3n) is 5.66. The second-order valence-electron chi connectivity index (χ2n) is 8.14. The first-order chi connectivity index (χ1) is 15.3. The molecule has 1 heterocycles. The Bertz CT molecular complexity index is 966. The second-order valence-corrected chi connectivity index (χ2v) is 9.19. The molecule has 1 aliphatic heterocycles. The van der Waals surface area contributed by atoms with Crippen LogP contribution in [0.2, 0.25) is 0 Å². The number of carbonyl (C=O) groups is 1. The number of piperidine rings is 1. The van der Waals surface area contributed by atoms with E-state index in [0.717, 1.165) is 17.9 Å². The van der Waals surface area contributed by atoms with Crippen LogP contribution in [0.1, 0.15) is 46.3 Å². The lowest BCUT2D eigenvalue weighted by Crippen LogP contribution is -2.29. The minimum absolute atomic E-state index is 0.0244. The Hall–Kier alpha value is -2.56.